The number of hydrogen-bond donors (Lipinski definition) is 4. The molecule has 3 rings (SSSR count). The van der Waals surface area contributed by atoms with Crippen LogP contribution in [0, 0.1) is 0 Å². The highest BCUT2D eigenvalue weighted by Crippen LogP contribution is 2.12. The van der Waals surface area contributed by atoms with Gasteiger partial charge in [0, 0.05) is 6.54 Å². The van der Waals surface area contributed by atoms with Gasteiger partial charge in [0.2, 0.25) is 11.9 Å². The molecular weight excluding hydrogens is 306 g/mol. The molecule has 7 heteroatoms. The second-order valence-electron chi connectivity index (χ2n) is 5.17. The number of carbonyl (C=O) groups is 2. The van der Waals surface area contributed by atoms with Crippen molar-refractivity contribution in [1.29, 1.82) is 0 Å². The monoisotopic (exact) mass is 323 g/mol. The largest absolute Gasteiger partial charge is 0.334 e. The van der Waals surface area contributed by atoms with Crippen molar-refractivity contribution in [2.45, 2.75) is 6.54 Å². The first-order valence-corrected chi connectivity index (χ1v) is 7.51. The molecule has 0 fully saturated rings. The van der Waals surface area contributed by atoms with Crippen molar-refractivity contribution in [1.82, 2.24) is 20.6 Å². The summed E-state index contributed by atoms with van der Waals surface area (Å²) in [6.45, 7) is 0.259. The fraction of sp³-hybridized carbons (Fsp3) is 0.118. The van der Waals surface area contributed by atoms with Crippen LogP contribution in [-0.2, 0) is 11.3 Å². The van der Waals surface area contributed by atoms with E-state index < -0.39 is 6.03 Å². The van der Waals surface area contributed by atoms with Gasteiger partial charge in [0.25, 0.3) is 0 Å². The maximum atomic E-state index is 11.9. The fourth-order valence-corrected chi connectivity index (χ4v) is 2.19. The predicted molar refractivity (Wildman–Crippen MR) is 91.4 cm³/mol. The van der Waals surface area contributed by atoms with E-state index in [2.05, 4.69) is 25.9 Å². The van der Waals surface area contributed by atoms with Crippen LogP contribution in [0.1, 0.15) is 5.56 Å². The highest BCUT2D eigenvalue weighted by molar-refractivity contribution is 5.94. The normalized spacial score (nSPS) is 10.3. The van der Waals surface area contributed by atoms with Crippen LogP contribution in [0.3, 0.4) is 0 Å². The molecule has 122 valence electrons. The summed E-state index contributed by atoms with van der Waals surface area (Å²) in [5.41, 5.74) is 2.59. The number of carbonyl (C=O) groups excluding carboxylic acids is 2. The number of benzene rings is 2. The van der Waals surface area contributed by atoms with Gasteiger partial charge in [0.1, 0.15) is 0 Å². The number of aromatic nitrogens is 2. The number of H-pyrrole nitrogens is 1. The van der Waals surface area contributed by atoms with Crippen LogP contribution in [0.4, 0.5) is 10.7 Å². The van der Waals surface area contributed by atoms with Gasteiger partial charge in [-0.15, -0.1) is 0 Å². The summed E-state index contributed by atoms with van der Waals surface area (Å²) in [7, 11) is 0. The molecule has 0 saturated carbocycles. The third-order valence-corrected chi connectivity index (χ3v) is 3.35. The first kappa shape index (κ1) is 15.5. The van der Waals surface area contributed by atoms with Crippen molar-refractivity contribution >= 4 is 28.9 Å². The second-order valence-corrected chi connectivity index (χ2v) is 5.17. The van der Waals surface area contributed by atoms with Gasteiger partial charge in [-0.2, -0.15) is 0 Å². The van der Waals surface area contributed by atoms with Crippen LogP contribution in [-0.4, -0.2) is 28.5 Å². The lowest BCUT2D eigenvalue weighted by Gasteiger charge is -2.07. The molecule has 7 nitrogen and oxygen atoms in total. The number of nitrogens with one attached hydrogen (secondary N) is 4. The topological polar surface area (TPSA) is 98.9 Å². The second kappa shape index (κ2) is 7.28. The molecule has 0 spiro atoms. The van der Waals surface area contributed by atoms with Crippen molar-refractivity contribution in [2.75, 3.05) is 11.9 Å². The average Bonchev–Trinajstić information content (AvgIpc) is 3.01. The minimum atomic E-state index is -0.404. The Labute approximate surface area is 138 Å². The van der Waals surface area contributed by atoms with E-state index in [-0.39, 0.29) is 12.5 Å². The number of para-hydroxylation sites is 2. The molecule has 0 unspecified atom stereocenters. The summed E-state index contributed by atoms with van der Waals surface area (Å²) in [6, 6.07) is 16.6. The van der Waals surface area contributed by atoms with Gasteiger partial charge < -0.3 is 15.6 Å². The molecule has 0 radical (unpaired) electrons. The number of nitrogens with zero attached hydrogens (tertiary/aromatic N) is 1. The molecule has 0 aliphatic carbocycles. The molecule has 0 saturated heterocycles. The number of rotatable bonds is 5. The Morgan fingerprint density at radius 3 is 2.50 bits per heavy atom. The van der Waals surface area contributed by atoms with Gasteiger partial charge >= 0.3 is 6.03 Å². The van der Waals surface area contributed by atoms with Gasteiger partial charge in [-0.05, 0) is 17.7 Å². The summed E-state index contributed by atoms with van der Waals surface area (Å²) in [4.78, 5) is 30.8. The summed E-state index contributed by atoms with van der Waals surface area (Å²) < 4.78 is 0. The van der Waals surface area contributed by atoms with E-state index in [9.17, 15) is 9.59 Å². The Hall–Kier alpha value is -3.35. The lowest BCUT2D eigenvalue weighted by atomic mass is 10.2. The van der Waals surface area contributed by atoms with Gasteiger partial charge in [0.05, 0.1) is 17.6 Å². The summed E-state index contributed by atoms with van der Waals surface area (Å²) >= 11 is 0. The third-order valence-electron chi connectivity index (χ3n) is 3.35. The molecule has 1 heterocycles. The van der Waals surface area contributed by atoms with Crippen LogP contribution in [0.2, 0.25) is 0 Å². The highest BCUT2D eigenvalue weighted by Gasteiger charge is 2.08. The third kappa shape index (κ3) is 4.10. The zero-order valence-corrected chi connectivity index (χ0v) is 12.9. The molecule has 0 atom stereocenters. The standard InChI is InChI=1S/C17H17N5O2/c23-15(22-16-20-13-8-4-5-9-14(13)21-16)11-19-17(24)18-10-12-6-2-1-3-7-12/h1-9H,10-11H2,(H2,18,19,24)(H2,20,21,22,23). The summed E-state index contributed by atoms with van der Waals surface area (Å²) in [6.07, 6.45) is 0. The number of fused-ring (bicyclic) bond motifs is 1. The zero-order chi connectivity index (χ0) is 16.8. The fourth-order valence-electron chi connectivity index (χ4n) is 2.19. The van der Waals surface area contributed by atoms with E-state index in [1.54, 1.807) is 0 Å². The first-order chi connectivity index (χ1) is 11.7. The number of imidazole rings is 1. The molecule has 2 aromatic carbocycles. The summed E-state index contributed by atoms with van der Waals surface area (Å²) in [5, 5.41) is 7.80. The zero-order valence-electron chi connectivity index (χ0n) is 12.9. The number of anilines is 1. The van der Waals surface area contributed by atoms with E-state index in [1.165, 1.54) is 0 Å². The summed E-state index contributed by atoms with van der Waals surface area (Å²) in [5.74, 6) is -0.00314. The average molecular weight is 323 g/mol. The number of amides is 3. The number of hydrogen-bond acceptors (Lipinski definition) is 3. The number of urea groups is 1. The van der Waals surface area contributed by atoms with Crippen molar-refractivity contribution in [3.63, 3.8) is 0 Å². The predicted octanol–water partition coefficient (Wildman–Crippen LogP) is 2.00. The molecule has 3 amide bonds. The Balaban J connectivity index is 1.44. The van der Waals surface area contributed by atoms with Gasteiger partial charge in [0.15, 0.2) is 0 Å². The molecule has 0 bridgehead atoms. The van der Waals surface area contributed by atoms with E-state index in [0.29, 0.717) is 12.5 Å². The van der Waals surface area contributed by atoms with E-state index >= 15 is 0 Å². The molecule has 0 aliphatic heterocycles. The molecule has 24 heavy (non-hydrogen) atoms. The minimum absolute atomic E-state index is 0.141. The molecule has 3 aromatic rings. The van der Waals surface area contributed by atoms with Crippen LogP contribution < -0.4 is 16.0 Å². The van der Waals surface area contributed by atoms with Gasteiger partial charge in [-0.3, -0.25) is 10.1 Å². The quantitative estimate of drug-likeness (QED) is 0.578. The Bertz CT molecular complexity index is 811. The highest BCUT2D eigenvalue weighted by atomic mass is 16.2. The van der Waals surface area contributed by atoms with E-state index in [4.69, 9.17) is 0 Å². The van der Waals surface area contributed by atoms with Gasteiger partial charge in [-0.1, -0.05) is 42.5 Å². The SMILES string of the molecule is O=C(CNC(=O)NCc1ccccc1)Nc1nc2ccccc2[nH]1. The van der Waals surface area contributed by atoms with E-state index in [1.807, 2.05) is 54.6 Å². The maximum absolute atomic E-state index is 11.9. The minimum Gasteiger partial charge on any atom is -0.334 e. The molecule has 1 aromatic heterocycles. The first-order valence-electron chi connectivity index (χ1n) is 7.51. The van der Waals surface area contributed by atoms with E-state index in [0.717, 1.165) is 16.6 Å². The lowest BCUT2D eigenvalue weighted by Crippen LogP contribution is -2.39. The number of aromatic amines is 1. The molecular formula is C17H17N5O2. The van der Waals surface area contributed by atoms with Gasteiger partial charge in [-0.25, -0.2) is 9.78 Å². The smallest absolute Gasteiger partial charge is 0.315 e. The molecule has 0 aliphatic rings. The van der Waals surface area contributed by atoms with Crippen LogP contribution in [0.15, 0.2) is 54.6 Å². The maximum Gasteiger partial charge on any atom is 0.315 e. The Morgan fingerprint density at radius 2 is 1.71 bits per heavy atom. The molecule has 4 N–H and O–H groups in total. The Kier molecular flexibility index (Phi) is 4.71. The van der Waals surface area contributed by atoms with Crippen LogP contribution in [0.5, 0.6) is 0 Å². The van der Waals surface area contributed by atoms with Crippen LogP contribution in [0.25, 0.3) is 11.0 Å². The Morgan fingerprint density at radius 1 is 0.958 bits per heavy atom. The van der Waals surface area contributed by atoms with Crippen molar-refractivity contribution < 1.29 is 9.59 Å². The lowest BCUT2D eigenvalue weighted by molar-refractivity contribution is -0.115. The van der Waals surface area contributed by atoms with Crippen LogP contribution >= 0.6 is 0 Å². The van der Waals surface area contributed by atoms with Crippen molar-refractivity contribution in [3.8, 4) is 0 Å². The van der Waals surface area contributed by atoms with Crippen molar-refractivity contribution in [3.05, 3.63) is 60.2 Å². The van der Waals surface area contributed by atoms with Crippen molar-refractivity contribution in [2.24, 2.45) is 0 Å².